The molecule has 3 aromatic rings. The summed E-state index contributed by atoms with van der Waals surface area (Å²) in [6, 6.07) is 8.22. The van der Waals surface area contributed by atoms with E-state index in [9.17, 15) is 0 Å². The van der Waals surface area contributed by atoms with Crippen LogP contribution in [0.15, 0.2) is 36.8 Å². The Morgan fingerprint density at radius 2 is 2.24 bits per heavy atom. The number of rotatable bonds is 3. The van der Waals surface area contributed by atoms with Crippen molar-refractivity contribution in [3.05, 3.63) is 52.9 Å². The van der Waals surface area contributed by atoms with E-state index in [2.05, 4.69) is 32.4 Å². The van der Waals surface area contributed by atoms with Crippen molar-refractivity contribution >= 4 is 28.5 Å². The normalized spacial score (nSPS) is 17.1. The molecule has 0 fully saturated rings. The minimum atomic E-state index is 0.515. The molecule has 0 spiro atoms. The number of aromatic amines is 1. The average Bonchev–Trinajstić information content (AvgIpc) is 3.11. The summed E-state index contributed by atoms with van der Waals surface area (Å²) >= 11 is 6.06. The SMILES string of the molecule is Clc1ccc2c(c1)CCC2CNc1ncnc2[nH]ccc12. The fraction of sp³-hybridized carbons (Fsp3) is 0.250. The number of hydrogen-bond acceptors (Lipinski definition) is 3. The van der Waals surface area contributed by atoms with E-state index in [1.165, 1.54) is 11.1 Å². The molecule has 4 nitrogen and oxygen atoms in total. The van der Waals surface area contributed by atoms with Gasteiger partial charge >= 0.3 is 0 Å². The molecule has 1 aliphatic rings. The Morgan fingerprint density at radius 3 is 3.19 bits per heavy atom. The van der Waals surface area contributed by atoms with Crippen molar-refractivity contribution in [2.24, 2.45) is 0 Å². The van der Waals surface area contributed by atoms with Gasteiger partial charge in [-0.05, 0) is 42.2 Å². The van der Waals surface area contributed by atoms with Gasteiger partial charge in [0.25, 0.3) is 0 Å². The van der Waals surface area contributed by atoms with E-state index in [0.717, 1.165) is 41.3 Å². The van der Waals surface area contributed by atoms with Gasteiger partial charge in [0, 0.05) is 23.7 Å². The molecule has 2 N–H and O–H groups in total. The summed E-state index contributed by atoms with van der Waals surface area (Å²) in [7, 11) is 0. The topological polar surface area (TPSA) is 53.6 Å². The first-order valence-corrected chi connectivity index (χ1v) is 7.49. The monoisotopic (exact) mass is 298 g/mol. The van der Waals surface area contributed by atoms with E-state index in [0.29, 0.717) is 5.92 Å². The predicted octanol–water partition coefficient (Wildman–Crippen LogP) is 3.75. The number of nitrogens with one attached hydrogen (secondary N) is 2. The zero-order valence-electron chi connectivity index (χ0n) is 11.4. The molecule has 0 aliphatic heterocycles. The van der Waals surface area contributed by atoms with Gasteiger partial charge < -0.3 is 10.3 Å². The molecule has 0 radical (unpaired) electrons. The summed E-state index contributed by atoms with van der Waals surface area (Å²) in [4.78, 5) is 11.7. The van der Waals surface area contributed by atoms with Crippen LogP contribution in [0.25, 0.3) is 11.0 Å². The van der Waals surface area contributed by atoms with E-state index in [4.69, 9.17) is 11.6 Å². The van der Waals surface area contributed by atoms with E-state index >= 15 is 0 Å². The van der Waals surface area contributed by atoms with Crippen LogP contribution in [0.3, 0.4) is 0 Å². The second-order valence-electron chi connectivity index (χ2n) is 5.42. The second kappa shape index (κ2) is 5.04. The molecule has 0 amide bonds. The fourth-order valence-corrected chi connectivity index (χ4v) is 3.31. The molecule has 1 atom stereocenters. The third-order valence-electron chi connectivity index (χ3n) is 4.18. The zero-order valence-corrected chi connectivity index (χ0v) is 12.2. The molecule has 5 heteroatoms. The Hall–Kier alpha value is -2.07. The van der Waals surface area contributed by atoms with Gasteiger partial charge in [-0.2, -0.15) is 0 Å². The molecule has 4 rings (SSSR count). The highest BCUT2D eigenvalue weighted by Crippen LogP contribution is 2.34. The standard InChI is InChI=1S/C16H15ClN4/c17-12-3-4-13-10(7-12)1-2-11(13)8-19-16-14-5-6-18-15(14)20-9-21-16/h3-7,9,11H,1-2,8H2,(H2,18,19,20,21). The molecular formula is C16H15ClN4. The number of anilines is 1. The summed E-state index contributed by atoms with van der Waals surface area (Å²) < 4.78 is 0. The third kappa shape index (κ3) is 2.25. The summed E-state index contributed by atoms with van der Waals surface area (Å²) in [5.74, 6) is 1.41. The van der Waals surface area contributed by atoms with E-state index in [-0.39, 0.29) is 0 Å². The lowest BCUT2D eigenvalue weighted by molar-refractivity contribution is 0.708. The van der Waals surface area contributed by atoms with E-state index < -0.39 is 0 Å². The maximum Gasteiger partial charge on any atom is 0.142 e. The highest BCUT2D eigenvalue weighted by molar-refractivity contribution is 6.30. The summed E-state index contributed by atoms with van der Waals surface area (Å²) in [6.45, 7) is 0.881. The number of benzene rings is 1. The number of aryl methyl sites for hydroxylation is 1. The molecule has 0 bridgehead atoms. The van der Waals surface area contributed by atoms with Gasteiger partial charge in [-0.15, -0.1) is 0 Å². The molecule has 0 saturated carbocycles. The number of H-pyrrole nitrogens is 1. The molecule has 1 aromatic carbocycles. The van der Waals surface area contributed by atoms with Gasteiger partial charge in [0.1, 0.15) is 17.8 Å². The van der Waals surface area contributed by atoms with Crippen LogP contribution in [0.4, 0.5) is 5.82 Å². The Labute approximate surface area is 127 Å². The van der Waals surface area contributed by atoms with Crippen LogP contribution in [0.5, 0.6) is 0 Å². The van der Waals surface area contributed by atoms with Gasteiger partial charge in [-0.25, -0.2) is 9.97 Å². The van der Waals surface area contributed by atoms with Gasteiger partial charge in [0.2, 0.25) is 0 Å². The fourth-order valence-electron chi connectivity index (χ4n) is 3.12. The number of hydrogen-bond donors (Lipinski definition) is 2. The molecule has 1 aliphatic carbocycles. The van der Waals surface area contributed by atoms with Crippen molar-refractivity contribution < 1.29 is 0 Å². The summed E-state index contributed by atoms with van der Waals surface area (Å²) in [6.07, 6.45) is 5.73. The van der Waals surface area contributed by atoms with Crippen LogP contribution in [0.1, 0.15) is 23.5 Å². The maximum atomic E-state index is 6.06. The van der Waals surface area contributed by atoms with Crippen molar-refractivity contribution in [1.29, 1.82) is 0 Å². The first-order chi connectivity index (χ1) is 10.3. The zero-order chi connectivity index (χ0) is 14.2. The van der Waals surface area contributed by atoms with Crippen LogP contribution >= 0.6 is 11.6 Å². The summed E-state index contributed by atoms with van der Waals surface area (Å²) in [5, 5.41) is 5.33. The number of halogens is 1. The largest absolute Gasteiger partial charge is 0.369 e. The van der Waals surface area contributed by atoms with Gasteiger partial charge in [-0.3, -0.25) is 0 Å². The van der Waals surface area contributed by atoms with Crippen molar-refractivity contribution in [2.45, 2.75) is 18.8 Å². The highest BCUT2D eigenvalue weighted by Gasteiger charge is 2.22. The Bertz CT molecular complexity index is 796. The molecule has 1 unspecified atom stereocenters. The lowest BCUT2D eigenvalue weighted by Gasteiger charge is -2.13. The first-order valence-electron chi connectivity index (χ1n) is 7.11. The van der Waals surface area contributed by atoms with Crippen LogP contribution in [-0.2, 0) is 6.42 Å². The van der Waals surface area contributed by atoms with Crippen molar-refractivity contribution in [1.82, 2.24) is 15.0 Å². The number of fused-ring (bicyclic) bond motifs is 2. The van der Waals surface area contributed by atoms with Gasteiger partial charge in [-0.1, -0.05) is 17.7 Å². The average molecular weight is 299 g/mol. The molecular weight excluding hydrogens is 284 g/mol. The van der Waals surface area contributed by atoms with Crippen LogP contribution in [0.2, 0.25) is 5.02 Å². The quantitative estimate of drug-likeness (QED) is 0.774. The molecule has 2 aromatic heterocycles. The molecule has 2 heterocycles. The minimum absolute atomic E-state index is 0.515. The number of aromatic nitrogens is 3. The lowest BCUT2D eigenvalue weighted by Crippen LogP contribution is -2.11. The van der Waals surface area contributed by atoms with Crippen molar-refractivity contribution in [2.75, 3.05) is 11.9 Å². The molecule has 21 heavy (non-hydrogen) atoms. The first kappa shape index (κ1) is 12.7. The van der Waals surface area contributed by atoms with Crippen molar-refractivity contribution in [3.8, 4) is 0 Å². The Kier molecular flexibility index (Phi) is 3.04. The summed E-state index contributed by atoms with van der Waals surface area (Å²) in [5.41, 5.74) is 3.65. The Morgan fingerprint density at radius 1 is 1.29 bits per heavy atom. The van der Waals surface area contributed by atoms with E-state index in [1.54, 1.807) is 6.33 Å². The van der Waals surface area contributed by atoms with Crippen molar-refractivity contribution in [3.63, 3.8) is 0 Å². The predicted molar refractivity (Wildman–Crippen MR) is 84.9 cm³/mol. The van der Waals surface area contributed by atoms with Gasteiger partial charge in [0.15, 0.2) is 0 Å². The molecule has 106 valence electrons. The Balaban J connectivity index is 1.55. The van der Waals surface area contributed by atoms with E-state index in [1.807, 2.05) is 18.3 Å². The lowest BCUT2D eigenvalue weighted by atomic mass is 10.0. The minimum Gasteiger partial charge on any atom is -0.369 e. The van der Waals surface area contributed by atoms with Crippen LogP contribution in [-0.4, -0.2) is 21.5 Å². The number of nitrogens with zero attached hydrogens (tertiary/aromatic N) is 2. The van der Waals surface area contributed by atoms with Crippen LogP contribution in [0, 0.1) is 0 Å². The second-order valence-corrected chi connectivity index (χ2v) is 5.86. The smallest absolute Gasteiger partial charge is 0.142 e. The van der Waals surface area contributed by atoms with Crippen LogP contribution < -0.4 is 5.32 Å². The van der Waals surface area contributed by atoms with Gasteiger partial charge in [0.05, 0.1) is 5.39 Å². The molecule has 0 saturated heterocycles. The third-order valence-corrected chi connectivity index (χ3v) is 4.41. The highest BCUT2D eigenvalue weighted by atomic mass is 35.5. The maximum absolute atomic E-state index is 6.06.